The molecule has 100 valence electrons. The number of rotatable bonds is 2. The average Bonchev–Trinajstić information content (AvgIpc) is 2.85. The van der Waals surface area contributed by atoms with Crippen molar-refractivity contribution >= 4 is 23.2 Å². The molecule has 1 aliphatic rings. The Morgan fingerprint density at radius 3 is 2.58 bits per heavy atom. The largest absolute Gasteiger partial charge is 0.349 e. The van der Waals surface area contributed by atoms with Gasteiger partial charge in [-0.1, -0.05) is 29.3 Å². The van der Waals surface area contributed by atoms with E-state index in [1.165, 1.54) is 5.69 Å². The third-order valence-corrected chi connectivity index (χ3v) is 4.60. The smallest absolute Gasteiger partial charge is 0.0476 e. The number of halogens is 2. The summed E-state index contributed by atoms with van der Waals surface area (Å²) in [6.07, 6.45) is 2.14. The number of fused-ring (bicyclic) bond motifs is 1. The Bertz CT molecular complexity index is 571. The van der Waals surface area contributed by atoms with Crippen molar-refractivity contribution in [3.8, 4) is 0 Å². The van der Waals surface area contributed by atoms with Gasteiger partial charge in [0, 0.05) is 53.2 Å². The van der Waals surface area contributed by atoms with Crippen LogP contribution in [0.5, 0.6) is 0 Å². The maximum atomic E-state index is 6.26. The van der Waals surface area contributed by atoms with Gasteiger partial charge < -0.3 is 4.57 Å². The number of benzene rings is 1. The summed E-state index contributed by atoms with van der Waals surface area (Å²) in [5, 5.41) is 1.50. The highest BCUT2D eigenvalue weighted by Crippen LogP contribution is 2.31. The lowest BCUT2D eigenvalue weighted by Crippen LogP contribution is -2.36. The summed E-state index contributed by atoms with van der Waals surface area (Å²) in [7, 11) is 0. The van der Waals surface area contributed by atoms with Crippen molar-refractivity contribution < 1.29 is 0 Å². The van der Waals surface area contributed by atoms with Gasteiger partial charge >= 0.3 is 0 Å². The molecule has 0 saturated carbocycles. The molecule has 1 atom stereocenters. The van der Waals surface area contributed by atoms with Crippen molar-refractivity contribution in [2.24, 2.45) is 0 Å². The van der Waals surface area contributed by atoms with E-state index in [1.807, 2.05) is 18.2 Å². The van der Waals surface area contributed by atoms with Gasteiger partial charge in [-0.2, -0.15) is 0 Å². The van der Waals surface area contributed by atoms with Crippen LogP contribution in [0.15, 0.2) is 36.5 Å². The Hall–Kier alpha value is -0.960. The van der Waals surface area contributed by atoms with E-state index >= 15 is 0 Å². The lowest BCUT2D eigenvalue weighted by Gasteiger charge is -2.35. The fourth-order valence-electron chi connectivity index (χ4n) is 2.73. The second-order valence-corrected chi connectivity index (χ2v) is 5.79. The van der Waals surface area contributed by atoms with Gasteiger partial charge in [0.25, 0.3) is 0 Å². The minimum atomic E-state index is 0.385. The highest BCUT2D eigenvalue weighted by atomic mass is 35.5. The maximum Gasteiger partial charge on any atom is 0.0476 e. The van der Waals surface area contributed by atoms with E-state index in [-0.39, 0.29) is 0 Å². The van der Waals surface area contributed by atoms with Crippen LogP contribution >= 0.6 is 23.2 Å². The van der Waals surface area contributed by atoms with E-state index in [9.17, 15) is 0 Å². The molecule has 0 fully saturated rings. The Morgan fingerprint density at radius 2 is 1.84 bits per heavy atom. The number of hydrogen-bond acceptors (Lipinski definition) is 1. The molecule has 19 heavy (non-hydrogen) atoms. The lowest BCUT2D eigenvalue weighted by atomic mass is 10.1. The zero-order valence-electron chi connectivity index (χ0n) is 10.8. The molecule has 1 unspecified atom stereocenters. The van der Waals surface area contributed by atoms with Gasteiger partial charge in [0.15, 0.2) is 0 Å². The molecule has 3 rings (SSSR count). The normalized spacial score (nSPS) is 19.4. The topological polar surface area (TPSA) is 8.17 Å². The lowest BCUT2D eigenvalue weighted by molar-refractivity contribution is 0.161. The molecule has 0 saturated heterocycles. The molecule has 0 spiro atoms. The van der Waals surface area contributed by atoms with Gasteiger partial charge in [-0.15, -0.1) is 0 Å². The highest BCUT2D eigenvalue weighted by Gasteiger charge is 2.24. The molecule has 4 heteroatoms. The molecule has 1 aromatic carbocycles. The molecule has 0 bridgehead atoms. The summed E-state index contributed by atoms with van der Waals surface area (Å²) in [6.45, 7) is 5.07. The van der Waals surface area contributed by atoms with Crippen LogP contribution in [0.1, 0.15) is 24.2 Å². The molecule has 0 aliphatic carbocycles. The van der Waals surface area contributed by atoms with E-state index in [0.29, 0.717) is 6.04 Å². The Morgan fingerprint density at radius 1 is 1.11 bits per heavy atom. The predicted molar refractivity (Wildman–Crippen MR) is 79.7 cm³/mol. The van der Waals surface area contributed by atoms with Crippen LogP contribution in [0.4, 0.5) is 0 Å². The minimum absolute atomic E-state index is 0.385. The van der Waals surface area contributed by atoms with Gasteiger partial charge in [-0.25, -0.2) is 0 Å². The van der Waals surface area contributed by atoms with Crippen LogP contribution in [0.2, 0.25) is 10.0 Å². The van der Waals surface area contributed by atoms with Crippen molar-refractivity contribution in [2.45, 2.75) is 26.1 Å². The van der Waals surface area contributed by atoms with Crippen molar-refractivity contribution in [1.29, 1.82) is 0 Å². The third kappa shape index (κ3) is 2.40. The molecular formula is C15H16Cl2N2. The first-order valence-electron chi connectivity index (χ1n) is 6.49. The highest BCUT2D eigenvalue weighted by molar-refractivity contribution is 6.35. The summed E-state index contributed by atoms with van der Waals surface area (Å²) in [6, 6.07) is 10.4. The average molecular weight is 295 g/mol. The molecule has 2 aromatic rings. The van der Waals surface area contributed by atoms with Crippen LogP contribution in [0.25, 0.3) is 0 Å². The Kier molecular flexibility index (Phi) is 3.57. The molecule has 1 aromatic heterocycles. The van der Waals surface area contributed by atoms with Crippen LogP contribution in [0, 0.1) is 0 Å². The fourth-order valence-corrected chi connectivity index (χ4v) is 3.25. The number of hydrogen-bond donors (Lipinski definition) is 0. The third-order valence-electron chi connectivity index (χ3n) is 3.89. The molecular weight excluding hydrogens is 279 g/mol. The molecule has 0 amide bonds. The van der Waals surface area contributed by atoms with E-state index in [0.717, 1.165) is 35.2 Å². The fraction of sp³-hybridized carbons (Fsp3) is 0.333. The van der Waals surface area contributed by atoms with Crippen molar-refractivity contribution in [1.82, 2.24) is 9.47 Å². The molecule has 1 aliphatic heterocycles. The quantitative estimate of drug-likeness (QED) is 0.798. The maximum absolute atomic E-state index is 6.26. The first kappa shape index (κ1) is 13.0. The summed E-state index contributed by atoms with van der Waals surface area (Å²) in [4.78, 5) is 2.42. The molecule has 2 nitrogen and oxygen atoms in total. The van der Waals surface area contributed by atoms with Crippen molar-refractivity contribution in [2.75, 3.05) is 6.54 Å². The second-order valence-electron chi connectivity index (χ2n) is 4.97. The first-order valence-corrected chi connectivity index (χ1v) is 7.24. The standard InChI is InChI=1S/C15H16Cl2N2/c1-11-15-6-3-7-18(15)8-9-19(11)10-12-13(16)4-2-5-14(12)17/h2-7,11H,8-10H2,1H3. The molecule has 2 heterocycles. The predicted octanol–water partition coefficient (Wildman–Crippen LogP) is 4.37. The second kappa shape index (κ2) is 5.20. The first-order chi connectivity index (χ1) is 9.16. The van der Waals surface area contributed by atoms with Crippen molar-refractivity contribution in [3.05, 3.63) is 57.8 Å². The van der Waals surface area contributed by atoms with E-state index < -0.39 is 0 Å². The zero-order chi connectivity index (χ0) is 13.4. The van der Waals surface area contributed by atoms with Crippen LogP contribution in [0.3, 0.4) is 0 Å². The summed E-state index contributed by atoms with van der Waals surface area (Å²) < 4.78 is 2.31. The Labute approximate surface area is 123 Å². The van der Waals surface area contributed by atoms with E-state index in [2.05, 4.69) is 34.7 Å². The van der Waals surface area contributed by atoms with Crippen LogP contribution in [-0.4, -0.2) is 16.0 Å². The summed E-state index contributed by atoms with van der Waals surface area (Å²) in [5.41, 5.74) is 2.38. The van der Waals surface area contributed by atoms with Crippen LogP contribution < -0.4 is 0 Å². The van der Waals surface area contributed by atoms with Gasteiger partial charge in [0.2, 0.25) is 0 Å². The number of nitrogens with zero attached hydrogens (tertiary/aromatic N) is 2. The minimum Gasteiger partial charge on any atom is -0.349 e. The van der Waals surface area contributed by atoms with Gasteiger partial charge in [-0.05, 0) is 31.2 Å². The monoisotopic (exact) mass is 294 g/mol. The van der Waals surface area contributed by atoms with Gasteiger partial charge in [0.1, 0.15) is 0 Å². The SMILES string of the molecule is CC1c2cccn2CCN1Cc1c(Cl)cccc1Cl. The summed E-state index contributed by atoms with van der Waals surface area (Å²) >= 11 is 12.5. The van der Waals surface area contributed by atoms with Crippen molar-refractivity contribution in [3.63, 3.8) is 0 Å². The zero-order valence-corrected chi connectivity index (χ0v) is 12.3. The molecule has 0 N–H and O–H groups in total. The van der Waals surface area contributed by atoms with Gasteiger partial charge in [0.05, 0.1) is 0 Å². The molecule has 0 radical (unpaired) electrons. The van der Waals surface area contributed by atoms with E-state index in [1.54, 1.807) is 0 Å². The number of aromatic nitrogens is 1. The van der Waals surface area contributed by atoms with Gasteiger partial charge in [-0.3, -0.25) is 4.90 Å². The van der Waals surface area contributed by atoms with Crippen LogP contribution in [-0.2, 0) is 13.1 Å². The van der Waals surface area contributed by atoms with E-state index in [4.69, 9.17) is 23.2 Å². The summed E-state index contributed by atoms with van der Waals surface area (Å²) in [5.74, 6) is 0. The Balaban J connectivity index is 1.85.